The van der Waals surface area contributed by atoms with Crippen LogP contribution in [0.4, 0.5) is 0 Å². The predicted octanol–water partition coefficient (Wildman–Crippen LogP) is 5.72. The van der Waals surface area contributed by atoms with Crippen molar-refractivity contribution < 1.29 is 0 Å². The lowest BCUT2D eigenvalue weighted by Crippen LogP contribution is -1.99. The van der Waals surface area contributed by atoms with Gasteiger partial charge in [0.25, 0.3) is 0 Å². The lowest BCUT2D eigenvalue weighted by atomic mass is 10.1. The van der Waals surface area contributed by atoms with Crippen LogP contribution >= 0.6 is 23.4 Å². The second-order valence-corrected chi connectivity index (χ2v) is 8.59. The highest BCUT2D eigenvalue weighted by Crippen LogP contribution is 2.39. The fourth-order valence-electron chi connectivity index (χ4n) is 3.42. The standard InChI is InChI=1S/C22H20ClN5S/c1-15-24-25-22(28(15)20-11-12-20)29-14-17-13-27(19-5-3-2-4-6-19)26-21(17)16-7-9-18(23)10-8-16/h2-10,13,20H,11-12,14H2,1H3. The number of nitrogens with zero attached hydrogens (tertiary/aromatic N) is 5. The number of thioether (sulfide) groups is 1. The van der Waals surface area contributed by atoms with Gasteiger partial charge in [-0.05, 0) is 44.0 Å². The summed E-state index contributed by atoms with van der Waals surface area (Å²) in [5, 5.41) is 15.3. The zero-order valence-corrected chi connectivity index (χ0v) is 17.6. The minimum atomic E-state index is 0.565. The number of aryl methyl sites for hydroxylation is 1. The number of halogens is 1. The summed E-state index contributed by atoms with van der Waals surface area (Å²) in [6.07, 6.45) is 4.54. The average molecular weight is 422 g/mol. The molecule has 0 unspecified atom stereocenters. The van der Waals surface area contributed by atoms with Gasteiger partial charge in [-0.2, -0.15) is 5.10 Å². The number of para-hydroxylation sites is 1. The van der Waals surface area contributed by atoms with Crippen molar-refractivity contribution in [2.24, 2.45) is 0 Å². The van der Waals surface area contributed by atoms with Crippen molar-refractivity contribution >= 4 is 23.4 Å². The van der Waals surface area contributed by atoms with Gasteiger partial charge in [0.2, 0.25) is 0 Å². The molecule has 0 N–H and O–H groups in total. The highest BCUT2D eigenvalue weighted by atomic mass is 35.5. The second kappa shape index (κ2) is 7.69. The Balaban J connectivity index is 1.49. The van der Waals surface area contributed by atoms with E-state index in [1.165, 1.54) is 12.8 Å². The minimum Gasteiger partial charge on any atom is -0.303 e. The minimum absolute atomic E-state index is 0.565. The first kappa shape index (κ1) is 18.5. The van der Waals surface area contributed by atoms with Crippen molar-refractivity contribution in [3.05, 3.63) is 77.2 Å². The van der Waals surface area contributed by atoms with Gasteiger partial charge >= 0.3 is 0 Å². The van der Waals surface area contributed by atoms with Gasteiger partial charge in [-0.25, -0.2) is 4.68 Å². The fourth-order valence-corrected chi connectivity index (χ4v) is 4.56. The van der Waals surface area contributed by atoms with E-state index in [1.54, 1.807) is 11.8 Å². The first-order chi connectivity index (χ1) is 14.2. The molecule has 2 aromatic carbocycles. The van der Waals surface area contributed by atoms with Crippen molar-refractivity contribution in [3.63, 3.8) is 0 Å². The Morgan fingerprint density at radius 3 is 2.52 bits per heavy atom. The van der Waals surface area contributed by atoms with Gasteiger partial charge in [0.1, 0.15) is 5.82 Å². The topological polar surface area (TPSA) is 48.5 Å². The zero-order valence-electron chi connectivity index (χ0n) is 16.0. The Morgan fingerprint density at radius 1 is 1.03 bits per heavy atom. The SMILES string of the molecule is Cc1nnc(SCc2cn(-c3ccccc3)nc2-c2ccc(Cl)cc2)n1C1CC1. The van der Waals surface area contributed by atoms with Crippen LogP contribution in [-0.4, -0.2) is 24.5 Å². The van der Waals surface area contributed by atoms with E-state index in [0.29, 0.717) is 6.04 Å². The molecule has 1 fully saturated rings. The third-order valence-corrected chi connectivity index (χ3v) is 6.28. The Kier molecular flexibility index (Phi) is 4.89. The molecule has 146 valence electrons. The van der Waals surface area contributed by atoms with Crippen molar-refractivity contribution in [2.45, 2.75) is 36.7 Å². The third kappa shape index (κ3) is 3.82. The van der Waals surface area contributed by atoms with E-state index in [4.69, 9.17) is 16.7 Å². The van der Waals surface area contributed by atoms with Crippen molar-refractivity contribution in [1.82, 2.24) is 24.5 Å². The smallest absolute Gasteiger partial charge is 0.191 e. The number of rotatable bonds is 6. The van der Waals surface area contributed by atoms with Crippen molar-refractivity contribution in [1.29, 1.82) is 0 Å². The number of hydrogen-bond acceptors (Lipinski definition) is 4. The maximum Gasteiger partial charge on any atom is 0.191 e. The molecule has 5 nitrogen and oxygen atoms in total. The Hall–Kier alpha value is -2.57. The molecule has 1 aliphatic rings. The molecule has 0 saturated heterocycles. The van der Waals surface area contributed by atoms with Crippen molar-refractivity contribution in [2.75, 3.05) is 0 Å². The summed E-state index contributed by atoms with van der Waals surface area (Å²) < 4.78 is 4.21. The van der Waals surface area contributed by atoms with Crippen LogP contribution in [0.5, 0.6) is 0 Å². The molecule has 4 aromatic rings. The summed E-state index contributed by atoms with van der Waals surface area (Å²) in [5.41, 5.74) is 4.21. The largest absolute Gasteiger partial charge is 0.303 e. The molecule has 0 spiro atoms. The maximum atomic E-state index is 6.09. The molecule has 0 atom stereocenters. The molecular weight excluding hydrogens is 402 g/mol. The van der Waals surface area contributed by atoms with E-state index in [2.05, 4.69) is 33.1 Å². The molecule has 0 aliphatic heterocycles. The summed E-state index contributed by atoms with van der Waals surface area (Å²) >= 11 is 7.81. The van der Waals surface area contributed by atoms with E-state index in [1.807, 2.05) is 54.1 Å². The molecule has 7 heteroatoms. The Bertz CT molecular complexity index is 1130. The van der Waals surface area contributed by atoms with E-state index in [0.717, 1.165) is 44.3 Å². The molecule has 1 aliphatic carbocycles. The van der Waals surface area contributed by atoms with Crippen LogP contribution in [0.1, 0.15) is 30.3 Å². The van der Waals surface area contributed by atoms with Gasteiger partial charge in [-0.3, -0.25) is 0 Å². The Morgan fingerprint density at radius 2 is 1.79 bits per heavy atom. The van der Waals surface area contributed by atoms with E-state index in [9.17, 15) is 0 Å². The molecule has 29 heavy (non-hydrogen) atoms. The van der Waals surface area contributed by atoms with E-state index in [-0.39, 0.29) is 0 Å². The average Bonchev–Trinajstić information content (AvgIpc) is 3.38. The van der Waals surface area contributed by atoms with Crippen LogP contribution in [0, 0.1) is 6.92 Å². The maximum absolute atomic E-state index is 6.09. The quantitative estimate of drug-likeness (QED) is 0.373. The van der Waals surface area contributed by atoms with Crippen LogP contribution in [0.25, 0.3) is 16.9 Å². The normalized spacial score (nSPS) is 13.7. The molecule has 0 amide bonds. The van der Waals surface area contributed by atoms with Crippen LogP contribution in [0.3, 0.4) is 0 Å². The molecule has 2 aromatic heterocycles. The van der Waals surface area contributed by atoms with Crippen LogP contribution in [0.2, 0.25) is 5.02 Å². The van der Waals surface area contributed by atoms with Gasteiger partial charge in [0.15, 0.2) is 5.16 Å². The summed E-state index contributed by atoms with van der Waals surface area (Å²) in [6, 6.07) is 18.6. The highest BCUT2D eigenvalue weighted by molar-refractivity contribution is 7.98. The van der Waals surface area contributed by atoms with Crippen LogP contribution < -0.4 is 0 Å². The number of hydrogen-bond donors (Lipinski definition) is 0. The van der Waals surface area contributed by atoms with Gasteiger partial charge in [-0.15, -0.1) is 10.2 Å². The predicted molar refractivity (Wildman–Crippen MR) is 117 cm³/mol. The first-order valence-electron chi connectivity index (χ1n) is 9.63. The first-order valence-corrected chi connectivity index (χ1v) is 11.0. The van der Waals surface area contributed by atoms with Gasteiger partial charge in [-0.1, -0.05) is 53.7 Å². The molecule has 2 heterocycles. The summed E-state index contributed by atoms with van der Waals surface area (Å²) in [6.45, 7) is 2.03. The van der Waals surface area contributed by atoms with Crippen LogP contribution in [0.15, 0.2) is 66.0 Å². The third-order valence-electron chi connectivity index (χ3n) is 5.03. The lowest BCUT2D eigenvalue weighted by molar-refractivity contribution is 0.644. The second-order valence-electron chi connectivity index (χ2n) is 7.21. The van der Waals surface area contributed by atoms with Crippen LogP contribution in [-0.2, 0) is 5.75 Å². The molecular formula is C22H20ClN5S. The lowest BCUT2D eigenvalue weighted by Gasteiger charge is -2.06. The highest BCUT2D eigenvalue weighted by Gasteiger charge is 2.28. The molecule has 0 bridgehead atoms. The molecule has 0 radical (unpaired) electrons. The van der Waals surface area contributed by atoms with Crippen molar-refractivity contribution in [3.8, 4) is 16.9 Å². The van der Waals surface area contributed by atoms with Gasteiger partial charge < -0.3 is 4.57 Å². The Labute approximate surface area is 178 Å². The van der Waals surface area contributed by atoms with E-state index < -0.39 is 0 Å². The van der Waals surface area contributed by atoms with Gasteiger partial charge in [0.05, 0.1) is 11.4 Å². The molecule has 5 rings (SSSR count). The summed E-state index contributed by atoms with van der Waals surface area (Å²) in [7, 11) is 0. The molecule has 1 saturated carbocycles. The monoisotopic (exact) mass is 421 g/mol. The summed E-state index contributed by atoms with van der Waals surface area (Å²) in [5.74, 6) is 1.77. The van der Waals surface area contributed by atoms with E-state index >= 15 is 0 Å². The summed E-state index contributed by atoms with van der Waals surface area (Å²) in [4.78, 5) is 0. The zero-order chi connectivity index (χ0) is 19.8. The number of benzene rings is 2. The number of aromatic nitrogens is 5. The van der Waals surface area contributed by atoms with Gasteiger partial charge in [0, 0.05) is 34.1 Å². The fraction of sp³-hybridized carbons (Fsp3) is 0.227.